The SMILES string of the molecule is Cc1cc(C)c(C)c(C2(N)CCCCC2)c1. The summed E-state index contributed by atoms with van der Waals surface area (Å²) in [6.07, 6.45) is 6.21. The van der Waals surface area contributed by atoms with Gasteiger partial charge in [0.25, 0.3) is 0 Å². The van der Waals surface area contributed by atoms with E-state index in [1.165, 1.54) is 41.5 Å². The van der Waals surface area contributed by atoms with E-state index in [1.54, 1.807) is 0 Å². The van der Waals surface area contributed by atoms with Gasteiger partial charge in [-0.3, -0.25) is 0 Å². The van der Waals surface area contributed by atoms with Crippen molar-refractivity contribution in [3.63, 3.8) is 0 Å². The van der Waals surface area contributed by atoms with Crippen LogP contribution in [0, 0.1) is 20.8 Å². The maximum atomic E-state index is 6.62. The van der Waals surface area contributed by atoms with Crippen LogP contribution in [-0.2, 0) is 5.54 Å². The molecule has 0 bridgehead atoms. The van der Waals surface area contributed by atoms with E-state index < -0.39 is 0 Å². The lowest BCUT2D eigenvalue weighted by molar-refractivity contribution is 0.301. The summed E-state index contributed by atoms with van der Waals surface area (Å²) in [5.41, 5.74) is 12.1. The third kappa shape index (κ3) is 2.01. The fourth-order valence-electron chi connectivity index (χ4n) is 3.01. The van der Waals surface area contributed by atoms with Gasteiger partial charge >= 0.3 is 0 Å². The molecule has 0 unspecified atom stereocenters. The number of aryl methyl sites for hydroxylation is 2. The van der Waals surface area contributed by atoms with E-state index in [0.29, 0.717) is 0 Å². The molecule has 0 aliphatic heterocycles. The number of rotatable bonds is 1. The Hall–Kier alpha value is -0.820. The number of hydrogen-bond donors (Lipinski definition) is 1. The Labute approximate surface area is 99.0 Å². The third-order valence-electron chi connectivity index (χ3n) is 4.09. The first-order valence-electron chi connectivity index (χ1n) is 6.40. The smallest absolute Gasteiger partial charge is 0.0412 e. The predicted molar refractivity (Wildman–Crippen MR) is 69.6 cm³/mol. The van der Waals surface area contributed by atoms with Gasteiger partial charge < -0.3 is 5.73 Å². The first-order valence-corrected chi connectivity index (χ1v) is 6.40. The summed E-state index contributed by atoms with van der Waals surface area (Å²) >= 11 is 0. The van der Waals surface area contributed by atoms with Gasteiger partial charge in [0.15, 0.2) is 0 Å². The standard InChI is InChI=1S/C15H23N/c1-11-9-12(2)13(3)14(10-11)15(16)7-5-4-6-8-15/h9-10H,4-8,16H2,1-3H3. The van der Waals surface area contributed by atoms with E-state index in [4.69, 9.17) is 5.73 Å². The largest absolute Gasteiger partial charge is 0.321 e. The molecular weight excluding hydrogens is 194 g/mol. The Morgan fingerprint density at radius 1 is 1.00 bits per heavy atom. The molecule has 0 saturated heterocycles. The summed E-state index contributed by atoms with van der Waals surface area (Å²) in [7, 11) is 0. The highest BCUT2D eigenvalue weighted by Crippen LogP contribution is 2.37. The molecular formula is C15H23N. The molecule has 1 aromatic rings. The van der Waals surface area contributed by atoms with Crippen LogP contribution in [-0.4, -0.2) is 0 Å². The van der Waals surface area contributed by atoms with Crippen LogP contribution in [0.25, 0.3) is 0 Å². The van der Waals surface area contributed by atoms with Crippen molar-refractivity contribution in [1.29, 1.82) is 0 Å². The van der Waals surface area contributed by atoms with Gasteiger partial charge in [-0.15, -0.1) is 0 Å². The molecule has 16 heavy (non-hydrogen) atoms. The number of hydrogen-bond acceptors (Lipinski definition) is 1. The van der Waals surface area contributed by atoms with Gasteiger partial charge in [-0.05, 0) is 50.3 Å². The second kappa shape index (κ2) is 4.21. The van der Waals surface area contributed by atoms with Crippen molar-refractivity contribution in [3.8, 4) is 0 Å². The van der Waals surface area contributed by atoms with Crippen LogP contribution in [0.3, 0.4) is 0 Å². The second-order valence-corrected chi connectivity index (χ2v) is 5.47. The van der Waals surface area contributed by atoms with E-state index in [1.807, 2.05) is 0 Å². The Morgan fingerprint density at radius 2 is 1.62 bits per heavy atom. The molecule has 1 aliphatic carbocycles. The van der Waals surface area contributed by atoms with Gasteiger partial charge in [-0.2, -0.15) is 0 Å². The predicted octanol–water partition coefficient (Wildman–Crippen LogP) is 3.73. The molecule has 0 amide bonds. The van der Waals surface area contributed by atoms with Gasteiger partial charge in [0.1, 0.15) is 0 Å². The summed E-state index contributed by atoms with van der Waals surface area (Å²) in [6.45, 7) is 6.58. The fourth-order valence-corrected chi connectivity index (χ4v) is 3.01. The normalized spacial score (nSPS) is 19.8. The van der Waals surface area contributed by atoms with E-state index in [0.717, 1.165) is 12.8 Å². The van der Waals surface area contributed by atoms with Gasteiger partial charge in [0.05, 0.1) is 0 Å². The van der Waals surface area contributed by atoms with E-state index in [2.05, 4.69) is 32.9 Å². The summed E-state index contributed by atoms with van der Waals surface area (Å²) in [4.78, 5) is 0. The van der Waals surface area contributed by atoms with E-state index in [-0.39, 0.29) is 5.54 Å². The van der Waals surface area contributed by atoms with Crippen molar-refractivity contribution in [2.24, 2.45) is 5.73 Å². The molecule has 1 aliphatic rings. The van der Waals surface area contributed by atoms with Crippen molar-refractivity contribution in [1.82, 2.24) is 0 Å². The molecule has 2 N–H and O–H groups in total. The molecule has 2 rings (SSSR count). The molecule has 0 atom stereocenters. The summed E-state index contributed by atoms with van der Waals surface area (Å²) in [6, 6.07) is 4.55. The van der Waals surface area contributed by atoms with Crippen molar-refractivity contribution in [3.05, 3.63) is 34.4 Å². The van der Waals surface area contributed by atoms with Crippen molar-refractivity contribution in [2.75, 3.05) is 0 Å². The minimum absolute atomic E-state index is 0.0564. The van der Waals surface area contributed by atoms with E-state index >= 15 is 0 Å². The van der Waals surface area contributed by atoms with Crippen molar-refractivity contribution in [2.45, 2.75) is 58.4 Å². The average Bonchev–Trinajstić information content (AvgIpc) is 2.24. The van der Waals surface area contributed by atoms with Gasteiger partial charge in [-0.1, -0.05) is 37.0 Å². The van der Waals surface area contributed by atoms with Crippen LogP contribution in [0.1, 0.15) is 54.4 Å². The molecule has 88 valence electrons. The maximum absolute atomic E-state index is 6.62. The Bertz CT molecular complexity index is 387. The molecule has 1 saturated carbocycles. The van der Waals surface area contributed by atoms with Crippen LogP contribution < -0.4 is 5.73 Å². The van der Waals surface area contributed by atoms with Gasteiger partial charge in [-0.25, -0.2) is 0 Å². The maximum Gasteiger partial charge on any atom is 0.0412 e. The highest BCUT2D eigenvalue weighted by Gasteiger charge is 2.31. The molecule has 0 spiro atoms. The zero-order valence-electron chi connectivity index (χ0n) is 10.8. The monoisotopic (exact) mass is 217 g/mol. The van der Waals surface area contributed by atoms with E-state index in [9.17, 15) is 0 Å². The lowest BCUT2D eigenvalue weighted by Crippen LogP contribution is -2.39. The molecule has 1 heteroatoms. The second-order valence-electron chi connectivity index (χ2n) is 5.47. The Morgan fingerprint density at radius 3 is 2.25 bits per heavy atom. The minimum Gasteiger partial charge on any atom is -0.321 e. The quantitative estimate of drug-likeness (QED) is 0.762. The zero-order valence-corrected chi connectivity index (χ0v) is 10.8. The Kier molecular flexibility index (Phi) is 3.07. The lowest BCUT2D eigenvalue weighted by atomic mass is 9.75. The first-order chi connectivity index (χ1) is 7.53. The summed E-state index contributed by atoms with van der Waals surface area (Å²) < 4.78 is 0. The number of benzene rings is 1. The molecule has 0 radical (unpaired) electrons. The van der Waals surface area contributed by atoms with Crippen LogP contribution in [0.5, 0.6) is 0 Å². The third-order valence-corrected chi connectivity index (χ3v) is 4.09. The molecule has 0 heterocycles. The zero-order chi connectivity index (χ0) is 11.8. The van der Waals surface area contributed by atoms with Crippen molar-refractivity contribution >= 4 is 0 Å². The number of nitrogens with two attached hydrogens (primary N) is 1. The highest BCUT2D eigenvalue weighted by atomic mass is 14.7. The van der Waals surface area contributed by atoms with Crippen molar-refractivity contribution < 1.29 is 0 Å². The molecule has 1 aromatic carbocycles. The van der Waals surface area contributed by atoms with Crippen LogP contribution >= 0.6 is 0 Å². The topological polar surface area (TPSA) is 26.0 Å². The molecule has 1 nitrogen and oxygen atoms in total. The summed E-state index contributed by atoms with van der Waals surface area (Å²) in [5, 5.41) is 0. The Balaban J connectivity index is 2.45. The average molecular weight is 217 g/mol. The van der Waals surface area contributed by atoms with Crippen LogP contribution in [0.4, 0.5) is 0 Å². The van der Waals surface area contributed by atoms with Gasteiger partial charge in [0, 0.05) is 5.54 Å². The summed E-state index contributed by atoms with van der Waals surface area (Å²) in [5.74, 6) is 0. The molecule has 0 aromatic heterocycles. The lowest BCUT2D eigenvalue weighted by Gasteiger charge is -2.35. The van der Waals surface area contributed by atoms with Crippen LogP contribution in [0.2, 0.25) is 0 Å². The van der Waals surface area contributed by atoms with Gasteiger partial charge in [0.2, 0.25) is 0 Å². The minimum atomic E-state index is -0.0564. The highest BCUT2D eigenvalue weighted by molar-refractivity contribution is 5.41. The van der Waals surface area contributed by atoms with Crippen LogP contribution in [0.15, 0.2) is 12.1 Å². The fraction of sp³-hybridized carbons (Fsp3) is 0.600. The molecule has 1 fully saturated rings. The first kappa shape index (κ1) is 11.7.